The zero-order valence-electron chi connectivity index (χ0n) is 7.58. The third kappa shape index (κ3) is 2.16. The Hall–Kier alpha value is -1.39. The highest BCUT2D eigenvalue weighted by atomic mass is 35.5. The SMILES string of the molecule is O=C1NC(=S)N/C1=C\c1ccccc1Cl. The molecule has 1 amide bonds. The second-order valence-corrected chi connectivity index (χ2v) is 3.80. The van der Waals surface area contributed by atoms with Gasteiger partial charge in [0.2, 0.25) is 0 Å². The predicted octanol–water partition coefficient (Wildman–Crippen LogP) is 1.69. The van der Waals surface area contributed by atoms with E-state index in [0.29, 0.717) is 15.8 Å². The van der Waals surface area contributed by atoms with Gasteiger partial charge >= 0.3 is 0 Å². The number of carbonyl (C=O) groups excluding carboxylic acids is 1. The topological polar surface area (TPSA) is 41.1 Å². The summed E-state index contributed by atoms with van der Waals surface area (Å²) in [6, 6.07) is 7.27. The number of carbonyl (C=O) groups is 1. The lowest BCUT2D eigenvalue weighted by molar-refractivity contribution is -0.115. The number of benzene rings is 1. The van der Waals surface area contributed by atoms with Gasteiger partial charge in [0.25, 0.3) is 5.91 Å². The summed E-state index contributed by atoms with van der Waals surface area (Å²) in [7, 11) is 0. The van der Waals surface area contributed by atoms with Crippen molar-refractivity contribution in [2.45, 2.75) is 0 Å². The monoisotopic (exact) mass is 238 g/mol. The van der Waals surface area contributed by atoms with Gasteiger partial charge in [0.15, 0.2) is 5.11 Å². The molecule has 0 aliphatic carbocycles. The summed E-state index contributed by atoms with van der Waals surface area (Å²) in [5, 5.41) is 6.14. The Kier molecular flexibility index (Phi) is 2.70. The number of amides is 1. The van der Waals surface area contributed by atoms with E-state index in [-0.39, 0.29) is 5.91 Å². The number of hydrogen-bond acceptors (Lipinski definition) is 2. The molecule has 0 spiro atoms. The highest BCUT2D eigenvalue weighted by molar-refractivity contribution is 7.80. The van der Waals surface area contributed by atoms with Crippen molar-refractivity contribution < 1.29 is 4.79 Å². The van der Waals surface area contributed by atoms with Crippen molar-refractivity contribution in [2.24, 2.45) is 0 Å². The minimum absolute atomic E-state index is 0.236. The van der Waals surface area contributed by atoms with E-state index in [9.17, 15) is 4.79 Å². The molecule has 2 rings (SSSR count). The van der Waals surface area contributed by atoms with Gasteiger partial charge in [-0.05, 0) is 29.9 Å². The summed E-state index contributed by atoms with van der Waals surface area (Å²) >= 11 is 10.8. The first kappa shape index (κ1) is 10.1. The van der Waals surface area contributed by atoms with Crippen molar-refractivity contribution in [3.8, 4) is 0 Å². The molecule has 15 heavy (non-hydrogen) atoms. The number of nitrogens with one attached hydrogen (secondary N) is 2. The van der Waals surface area contributed by atoms with Crippen LogP contribution in [0.5, 0.6) is 0 Å². The first-order chi connectivity index (χ1) is 7.16. The van der Waals surface area contributed by atoms with E-state index in [1.165, 1.54) is 0 Å². The summed E-state index contributed by atoms with van der Waals surface area (Å²) in [5.74, 6) is -0.236. The molecule has 1 aromatic carbocycles. The van der Waals surface area contributed by atoms with E-state index in [1.807, 2.05) is 18.2 Å². The maximum absolute atomic E-state index is 11.3. The largest absolute Gasteiger partial charge is 0.328 e. The van der Waals surface area contributed by atoms with Crippen LogP contribution >= 0.6 is 23.8 Å². The van der Waals surface area contributed by atoms with E-state index < -0.39 is 0 Å². The zero-order chi connectivity index (χ0) is 10.8. The predicted molar refractivity (Wildman–Crippen MR) is 63.3 cm³/mol. The lowest BCUT2D eigenvalue weighted by Gasteiger charge is -1.98. The fourth-order valence-corrected chi connectivity index (χ4v) is 1.62. The number of thiocarbonyl (C=S) groups is 1. The van der Waals surface area contributed by atoms with Crippen LogP contribution in [0.2, 0.25) is 5.02 Å². The van der Waals surface area contributed by atoms with Crippen molar-refractivity contribution in [2.75, 3.05) is 0 Å². The molecule has 0 unspecified atom stereocenters. The van der Waals surface area contributed by atoms with Gasteiger partial charge < -0.3 is 5.32 Å². The van der Waals surface area contributed by atoms with Gasteiger partial charge in [-0.25, -0.2) is 0 Å². The van der Waals surface area contributed by atoms with Crippen molar-refractivity contribution in [3.05, 3.63) is 40.5 Å². The molecule has 2 N–H and O–H groups in total. The molecule has 0 bridgehead atoms. The summed E-state index contributed by atoms with van der Waals surface area (Å²) in [6.45, 7) is 0. The second kappa shape index (κ2) is 4.00. The molecule has 0 atom stereocenters. The van der Waals surface area contributed by atoms with Crippen LogP contribution in [0.15, 0.2) is 30.0 Å². The van der Waals surface area contributed by atoms with E-state index in [0.717, 1.165) is 5.56 Å². The Morgan fingerprint density at radius 1 is 1.27 bits per heavy atom. The molecule has 0 saturated carbocycles. The van der Waals surface area contributed by atoms with Crippen LogP contribution < -0.4 is 10.6 Å². The van der Waals surface area contributed by atoms with Crippen LogP contribution in [0.3, 0.4) is 0 Å². The molecule has 1 aromatic rings. The van der Waals surface area contributed by atoms with E-state index in [4.69, 9.17) is 23.8 Å². The number of hydrogen-bond donors (Lipinski definition) is 2. The Morgan fingerprint density at radius 2 is 2.00 bits per heavy atom. The highest BCUT2D eigenvalue weighted by Gasteiger charge is 2.19. The zero-order valence-corrected chi connectivity index (χ0v) is 9.15. The van der Waals surface area contributed by atoms with E-state index in [2.05, 4.69) is 10.6 Å². The molecule has 1 aliphatic rings. The maximum Gasteiger partial charge on any atom is 0.273 e. The standard InChI is InChI=1S/C10H7ClN2OS/c11-7-4-2-1-3-6(7)5-8-9(14)13-10(15)12-8/h1-5H,(H2,12,13,14,15)/b8-5-. The Balaban J connectivity index is 2.35. The van der Waals surface area contributed by atoms with Gasteiger partial charge in [-0.15, -0.1) is 0 Å². The summed E-state index contributed by atoms with van der Waals surface area (Å²) in [5.41, 5.74) is 1.19. The van der Waals surface area contributed by atoms with Crippen LogP contribution in [0.4, 0.5) is 0 Å². The average Bonchev–Trinajstić information content (AvgIpc) is 2.49. The van der Waals surface area contributed by atoms with Crippen LogP contribution in [-0.4, -0.2) is 11.0 Å². The third-order valence-corrected chi connectivity index (χ3v) is 2.47. The number of halogens is 1. The molecule has 1 heterocycles. The van der Waals surface area contributed by atoms with Gasteiger partial charge in [0, 0.05) is 5.02 Å². The molecule has 0 radical (unpaired) electrons. The summed E-state index contributed by atoms with van der Waals surface area (Å²) < 4.78 is 0. The molecule has 1 fully saturated rings. The first-order valence-corrected chi connectivity index (χ1v) is 5.04. The molecular formula is C10H7ClN2OS. The molecule has 76 valence electrons. The van der Waals surface area contributed by atoms with Crippen molar-refractivity contribution in [1.82, 2.24) is 10.6 Å². The summed E-state index contributed by atoms with van der Waals surface area (Å²) in [6.07, 6.45) is 1.66. The van der Waals surface area contributed by atoms with Crippen LogP contribution in [-0.2, 0) is 4.79 Å². The lowest BCUT2D eigenvalue weighted by atomic mass is 10.2. The quantitative estimate of drug-likeness (QED) is 0.578. The van der Waals surface area contributed by atoms with Crippen molar-refractivity contribution in [1.29, 1.82) is 0 Å². The minimum atomic E-state index is -0.236. The van der Waals surface area contributed by atoms with Crippen LogP contribution in [0.1, 0.15) is 5.56 Å². The summed E-state index contributed by atoms with van der Waals surface area (Å²) in [4.78, 5) is 11.3. The normalized spacial score (nSPS) is 17.8. The molecule has 0 aromatic heterocycles. The fraction of sp³-hybridized carbons (Fsp3) is 0. The molecule has 1 saturated heterocycles. The smallest absolute Gasteiger partial charge is 0.273 e. The Labute approximate surface area is 97.1 Å². The van der Waals surface area contributed by atoms with Crippen molar-refractivity contribution >= 4 is 40.9 Å². The number of rotatable bonds is 1. The van der Waals surface area contributed by atoms with Crippen LogP contribution in [0.25, 0.3) is 6.08 Å². The van der Waals surface area contributed by atoms with Gasteiger partial charge in [-0.3, -0.25) is 10.1 Å². The third-order valence-electron chi connectivity index (χ3n) is 1.92. The molecular weight excluding hydrogens is 232 g/mol. The fourth-order valence-electron chi connectivity index (χ4n) is 1.23. The molecule has 3 nitrogen and oxygen atoms in total. The lowest BCUT2D eigenvalue weighted by Crippen LogP contribution is -2.21. The van der Waals surface area contributed by atoms with E-state index in [1.54, 1.807) is 12.1 Å². The van der Waals surface area contributed by atoms with Gasteiger partial charge in [0.1, 0.15) is 5.70 Å². The van der Waals surface area contributed by atoms with Crippen molar-refractivity contribution in [3.63, 3.8) is 0 Å². The Morgan fingerprint density at radius 3 is 2.60 bits per heavy atom. The maximum atomic E-state index is 11.3. The van der Waals surface area contributed by atoms with Gasteiger partial charge in [-0.2, -0.15) is 0 Å². The minimum Gasteiger partial charge on any atom is -0.328 e. The van der Waals surface area contributed by atoms with Gasteiger partial charge in [0.05, 0.1) is 0 Å². The van der Waals surface area contributed by atoms with E-state index >= 15 is 0 Å². The average molecular weight is 239 g/mol. The molecule has 5 heteroatoms. The highest BCUT2D eigenvalue weighted by Crippen LogP contribution is 2.18. The second-order valence-electron chi connectivity index (χ2n) is 2.99. The first-order valence-electron chi connectivity index (χ1n) is 4.25. The van der Waals surface area contributed by atoms with Crippen LogP contribution in [0, 0.1) is 0 Å². The molecule has 1 aliphatic heterocycles. The van der Waals surface area contributed by atoms with Gasteiger partial charge in [-0.1, -0.05) is 29.8 Å². The Bertz CT molecular complexity index is 470.